The van der Waals surface area contributed by atoms with Gasteiger partial charge < -0.3 is 16.2 Å². The molecule has 0 bridgehead atoms. The molecule has 0 saturated carbocycles. The number of benzene rings is 2. The highest BCUT2D eigenvalue weighted by atomic mass is 127. The molecular formula is C20H25ClIN3O. The number of nitrogens with zero attached hydrogens (tertiary/aromatic N) is 1. The van der Waals surface area contributed by atoms with E-state index in [1.807, 2.05) is 24.3 Å². The van der Waals surface area contributed by atoms with Gasteiger partial charge in [0, 0.05) is 16.3 Å². The van der Waals surface area contributed by atoms with Gasteiger partial charge in [0.25, 0.3) is 0 Å². The van der Waals surface area contributed by atoms with Crippen LogP contribution in [0.1, 0.15) is 36.5 Å². The second-order valence-corrected chi connectivity index (χ2v) is 7.14. The van der Waals surface area contributed by atoms with Crippen LogP contribution in [0.15, 0.2) is 47.5 Å². The Balaban J connectivity index is 0.00000243. The Morgan fingerprint density at radius 1 is 1.19 bits per heavy atom. The van der Waals surface area contributed by atoms with Crippen LogP contribution in [0.25, 0.3) is 0 Å². The fourth-order valence-electron chi connectivity index (χ4n) is 3.30. The topological polar surface area (TPSA) is 70.6 Å². The van der Waals surface area contributed by atoms with Crippen LogP contribution >= 0.6 is 35.6 Å². The minimum atomic E-state index is -1.18. The maximum Gasteiger partial charge on any atom is 0.193 e. The lowest BCUT2D eigenvalue weighted by Crippen LogP contribution is -2.30. The molecular weight excluding hydrogens is 461 g/mol. The van der Waals surface area contributed by atoms with Gasteiger partial charge in [-0.05, 0) is 55.9 Å². The molecule has 3 rings (SSSR count). The van der Waals surface area contributed by atoms with E-state index in [1.54, 1.807) is 19.1 Å². The first-order valence-corrected chi connectivity index (χ1v) is 9.00. The summed E-state index contributed by atoms with van der Waals surface area (Å²) in [5, 5.41) is 14.4. The third-order valence-electron chi connectivity index (χ3n) is 4.67. The predicted octanol–water partition coefficient (Wildman–Crippen LogP) is 4.47. The van der Waals surface area contributed by atoms with E-state index < -0.39 is 5.60 Å². The standard InChI is InChI=1S/C20H24ClN3O.HI/c1-20(25,16-10-4-5-11-17(16)21)13-23-19(22)24-18-12-6-8-14-7-2-3-9-15(14)18;/h4-6,8,10-12,25H,2-3,7,9,13H2,1H3,(H3,22,23,24);1H. The minimum absolute atomic E-state index is 0. The first-order valence-electron chi connectivity index (χ1n) is 8.62. The van der Waals surface area contributed by atoms with E-state index in [2.05, 4.69) is 16.4 Å². The van der Waals surface area contributed by atoms with E-state index in [9.17, 15) is 5.11 Å². The number of halogens is 2. The zero-order chi connectivity index (χ0) is 17.9. The van der Waals surface area contributed by atoms with E-state index in [0.29, 0.717) is 16.5 Å². The molecule has 1 aliphatic rings. The van der Waals surface area contributed by atoms with Crippen molar-refractivity contribution >= 4 is 47.2 Å². The summed E-state index contributed by atoms with van der Waals surface area (Å²) < 4.78 is 0. The van der Waals surface area contributed by atoms with Crippen molar-refractivity contribution in [1.82, 2.24) is 0 Å². The van der Waals surface area contributed by atoms with Crippen molar-refractivity contribution in [2.45, 2.75) is 38.2 Å². The zero-order valence-corrected chi connectivity index (χ0v) is 17.9. The number of aliphatic imine (C=N–C) groups is 1. The summed E-state index contributed by atoms with van der Waals surface area (Å²) in [6.45, 7) is 1.82. The lowest BCUT2D eigenvalue weighted by Gasteiger charge is -2.23. The van der Waals surface area contributed by atoms with E-state index in [4.69, 9.17) is 17.3 Å². The number of aliphatic hydroxyl groups is 1. The highest BCUT2D eigenvalue weighted by molar-refractivity contribution is 14.0. The Hall–Kier alpha value is -1.31. The molecule has 2 aromatic rings. The van der Waals surface area contributed by atoms with Crippen molar-refractivity contribution in [3.63, 3.8) is 0 Å². The quantitative estimate of drug-likeness (QED) is 0.340. The van der Waals surface area contributed by atoms with Gasteiger partial charge in [-0.25, -0.2) is 4.99 Å². The average Bonchev–Trinajstić information content (AvgIpc) is 2.61. The number of hydrogen-bond acceptors (Lipinski definition) is 2. The highest BCUT2D eigenvalue weighted by Gasteiger charge is 2.25. The fourth-order valence-corrected chi connectivity index (χ4v) is 3.64. The smallest absolute Gasteiger partial charge is 0.193 e. The van der Waals surface area contributed by atoms with Crippen LogP contribution in [0, 0.1) is 0 Å². The first kappa shape index (κ1) is 21.0. The Labute approximate surface area is 176 Å². The number of guanidine groups is 1. The monoisotopic (exact) mass is 485 g/mol. The van der Waals surface area contributed by atoms with Crippen LogP contribution in [-0.2, 0) is 18.4 Å². The molecule has 0 radical (unpaired) electrons. The van der Waals surface area contributed by atoms with Crippen LogP contribution in [-0.4, -0.2) is 17.6 Å². The molecule has 26 heavy (non-hydrogen) atoms. The maximum atomic E-state index is 10.7. The predicted molar refractivity (Wildman–Crippen MR) is 120 cm³/mol. The second kappa shape index (κ2) is 9.06. The minimum Gasteiger partial charge on any atom is -0.383 e. The van der Waals surface area contributed by atoms with Gasteiger partial charge in [0.2, 0.25) is 0 Å². The Morgan fingerprint density at radius 2 is 1.92 bits per heavy atom. The fraction of sp³-hybridized carbons (Fsp3) is 0.350. The van der Waals surface area contributed by atoms with Crippen LogP contribution < -0.4 is 11.1 Å². The summed E-state index contributed by atoms with van der Waals surface area (Å²) in [5.74, 6) is 0.298. The summed E-state index contributed by atoms with van der Waals surface area (Å²) in [6, 6.07) is 13.5. The van der Waals surface area contributed by atoms with E-state index >= 15 is 0 Å². The molecule has 140 valence electrons. The van der Waals surface area contributed by atoms with Crippen molar-refractivity contribution in [2.75, 3.05) is 11.9 Å². The van der Waals surface area contributed by atoms with Crippen molar-refractivity contribution in [3.05, 3.63) is 64.2 Å². The lowest BCUT2D eigenvalue weighted by molar-refractivity contribution is 0.0675. The van der Waals surface area contributed by atoms with Crippen LogP contribution in [0.4, 0.5) is 5.69 Å². The SMILES string of the molecule is CC(O)(CN=C(N)Nc1cccc2c1CCCC2)c1ccccc1Cl.I. The highest BCUT2D eigenvalue weighted by Crippen LogP contribution is 2.29. The Bertz CT molecular complexity index is 792. The van der Waals surface area contributed by atoms with Gasteiger partial charge >= 0.3 is 0 Å². The molecule has 0 aliphatic heterocycles. The van der Waals surface area contributed by atoms with Crippen molar-refractivity contribution in [1.29, 1.82) is 0 Å². The molecule has 1 aliphatic carbocycles. The molecule has 4 N–H and O–H groups in total. The van der Waals surface area contributed by atoms with Gasteiger partial charge in [0.1, 0.15) is 5.60 Å². The summed E-state index contributed by atoms with van der Waals surface area (Å²) in [6.07, 6.45) is 4.61. The molecule has 0 amide bonds. The zero-order valence-electron chi connectivity index (χ0n) is 14.8. The number of aryl methyl sites for hydroxylation is 1. The molecule has 0 aromatic heterocycles. The molecule has 4 nitrogen and oxygen atoms in total. The second-order valence-electron chi connectivity index (χ2n) is 6.73. The van der Waals surface area contributed by atoms with Gasteiger partial charge in [0.05, 0.1) is 6.54 Å². The molecule has 0 saturated heterocycles. The summed E-state index contributed by atoms with van der Waals surface area (Å²) in [7, 11) is 0. The molecule has 1 unspecified atom stereocenters. The number of nitrogens with two attached hydrogens (primary N) is 1. The maximum absolute atomic E-state index is 10.7. The molecule has 6 heteroatoms. The van der Waals surface area contributed by atoms with Crippen molar-refractivity contribution in [2.24, 2.45) is 10.7 Å². The summed E-state index contributed by atoms with van der Waals surface area (Å²) >= 11 is 6.18. The molecule has 0 fully saturated rings. The van der Waals surface area contributed by atoms with Crippen LogP contribution in [0.5, 0.6) is 0 Å². The average molecular weight is 486 g/mol. The number of nitrogens with one attached hydrogen (secondary N) is 1. The van der Waals surface area contributed by atoms with Crippen LogP contribution in [0.2, 0.25) is 5.02 Å². The van der Waals surface area contributed by atoms with Gasteiger partial charge in [-0.2, -0.15) is 0 Å². The first-order chi connectivity index (χ1) is 12.0. The normalized spacial score (nSPS) is 16.2. The van der Waals surface area contributed by atoms with Gasteiger partial charge in [-0.3, -0.25) is 0 Å². The molecule has 0 spiro atoms. The molecule has 1 atom stereocenters. The largest absolute Gasteiger partial charge is 0.383 e. The van der Waals surface area contributed by atoms with Gasteiger partial charge in [0.15, 0.2) is 5.96 Å². The van der Waals surface area contributed by atoms with Gasteiger partial charge in [-0.1, -0.05) is 41.9 Å². The molecule has 0 heterocycles. The van der Waals surface area contributed by atoms with E-state index in [-0.39, 0.29) is 30.5 Å². The van der Waals surface area contributed by atoms with E-state index in [1.165, 1.54) is 24.0 Å². The number of fused-ring (bicyclic) bond motifs is 1. The number of hydrogen-bond donors (Lipinski definition) is 3. The molecule has 2 aromatic carbocycles. The van der Waals surface area contributed by atoms with Crippen molar-refractivity contribution in [3.8, 4) is 0 Å². The lowest BCUT2D eigenvalue weighted by atomic mass is 9.90. The number of rotatable bonds is 4. The summed E-state index contributed by atoms with van der Waals surface area (Å²) in [5.41, 5.74) is 9.24. The Morgan fingerprint density at radius 3 is 2.69 bits per heavy atom. The third kappa shape index (κ3) is 4.90. The third-order valence-corrected chi connectivity index (χ3v) is 5.00. The van der Waals surface area contributed by atoms with Crippen LogP contribution in [0.3, 0.4) is 0 Å². The number of anilines is 1. The Kier molecular flexibility index (Phi) is 7.32. The van der Waals surface area contributed by atoms with Crippen molar-refractivity contribution < 1.29 is 5.11 Å². The summed E-state index contributed by atoms with van der Waals surface area (Å²) in [4.78, 5) is 4.33. The van der Waals surface area contributed by atoms with E-state index in [0.717, 1.165) is 18.5 Å². The van der Waals surface area contributed by atoms with Gasteiger partial charge in [-0.15, -0.1) is 24.0 Å².